The van der Waals surface area contributed by atoms with E-state index in [1.807, 2.05) is 0 Å². The highest BCUT2D eigenvalue weighted by molar-refractivity contribution is 6.36. The zero-order chi connectivity index (χ0) is 24.0. The van der Waals surface area contributed by atoms with Gasteiger partial charge in [-0.15, -0.1) is 0 Å². The fourth-order valence-corrected chi connectivity index (χ4v) is 3.19. The van der Waals surface area contributed by atoms with Gasteiger partial charge in [0.2, 0.25) is 5.75 Å². The third kappa shape index (κ3) is 6.15. The SMILES string of the molecule is CCOC(=O)c1ccc(N=Cc2ccc(OC(=O)c3ccc(Cl)cc3Cl)c([N+](=O)[O-])c2)cc1. The minimum Gasteiger partial charge on any atom is -0.462 e. The van der Waals surface area contributed by atoms with E-state index in [0.717, 1.165) is 0 Å². The van der Waals surface area contributed by atoms with Gasteiger partial charge in [0.25, 0.3) is 0 Å². The molecule has 0 aliphatic rings. The summed E-state index contributed by atoms with van der Waals surface area (Å²) < 4.78 is 10.1. The fraction of sp³-hybridized carbons (Fsp3) is 0.0870. The Hall–Kier alpha value is -3.75. The van der Waals surface area contributed by atoms with Gasteiger partial charge in [0.1, 0.15) is 0 Å². The molecule has 0 heterocycles. The molecule has 3 aromatic carbocycles. The predicted molar refractivity (Wildman–Crippen MR) is 124 cm³/mol. The first kappa shape index (κ1) is 23.9. The van der Waals surface area contributed by atoms with Crippen LogP contribution in [-0.4, -0.2) is 29.7 Å². The van der Waals surface area contributed by atoms with Crippen molar-refractivity contribution in [2.24, 2.45) is 4.99 Å². The topological polar surface area (TPSA) is 108 Å². The number of carbonyl (C=O) groups is 2. The Balaban J connectivity index is 1.79. The van der Waals surface area contributed by atoms with E-state index in [4.69, 9.17) is 32.7 Å². The van der Waals surface area contributed by atoms with Crippen molar-refractivity contribution in [3.63, 3.8) is 0 Å². The molecule has 8 nitrogen and oxygen atoms in total. The monoisotopic (exact) mass is 486 g/mol. The van der Waals surface area contributed by atoms with Gasteiger partial charge in [-0.1, -0.05) is 23.2 Å². The Morgan fingerprint density at radius 1 is 1.03 bits per heavy atom. The Kier molecular flexibility index (Phi) is 7.76. The second kappa shape index (κ2) is 10.7. The zero-order valence-corrected chi connectivity index (χ0v) is 18.7. The van der Waals surface area contributed by atoms with Gasteiger partial charge in [-0.25, -0.2) is 9.59 Å². The lowest BCUT2D eigenvalue weighted by atomic mass is 10.2. The van der Waals surface area contributed by atoms with Crippen LogP contribution in [0, 0.1) is 10.1 Å². The first-order chi connectivity index (χ1) is 15.8. The number of hydrogen-bond acceptors (Lipinski definition) is 7. The second-order valence-corrected chi connectivity index (χ2v) is 7.37. The van der Waals surface area contributed by atoms with E-state index in [2.05, 4.69) is 4.99 Å². The molecule has 0 atom stereocenters. The van der Waals surface area contributed by atoms with Gasteiger partial charge in [0, 0.05) is 17.3 Å². The second-order valence-electron chi connectivity index (χ2n) is 6.52. The quantitative estimate of drug-likeness (QED) is 0.132. The summed E-state index contributed by atoms with van der Waals surface area (Å²) in [6.45, 7) is 1.99. The summed E-state index contributed by atoms with van der Waals surface area (Å²) >= 11 is 11.8. The maximum Gasteiger partial charge on any atom is 0.345 e. The number of rotatable bonds is 7. The number of nitrogens with zero attached hydrogens (tertiary/aromatic N) is 2. The van der Waals surface area contributed by atoms with Crippen LogP contribution >= 0.6 is 23.2 Å². The van der Waals surface area contributed by atoms with Crippen LogP contribution in [0.25, 0.3) is 0 Å². The number of hydrogen-bond donors (Lipinski definition) is 0. The number of ether oxygens (including phenoxy) is 2. The third-order valence-electron chi connectivity index (χ3n) is 4.27. The molecular weight excluding hydrogens is 471 g/mol. The molecule has 0 aliphatic carbocycles. The molecule has 0 unspecified atom stereocenters. The van der Waals surface area contributed by atoms with Crippen LogP contribution in [0.4, 0.5) is 11.4 Å². The van der Waals surface area contributed by atoms with Crippen molar-refractivity contribution >= 4 is 52.7 Å². The number of halogens is 2. The molecule has 10 heteroatoms. The van der Waals surface area contributed by atoms with E-state index in [1.165, 1.54) is 42.6 Å². The molecule has 33 heavy (non-hydrogen) atoms. The molecular formula is C23H16Cl2N2O6. The first-order valence-electron chi connectivity index (χ1n) is 9.55. The molecule has 0 aliphatic heterocycles. The lowest BCUT2D eigenvalue weighted by Gasteiger charge is -2.07. The van der Waals surface area contributed by atoms with Crippen molar-refractivity contribution < 1.29 is 24.0 Å². The van der Waals surface area contributed by atoms with Gasteiger partial charge >= 0.3 is 17.6 Å². The van der Waals surface area contributed by atoms with E-state index in [1.54, 1.807) is 31.2 Å². The van der Waals surface area contributed by atoms with Crippen LogP contribution in [0.1, 0.15) is 33.2 Å². The number of nitro groups is 1. The summed E-state index contributed by atoms with van der Waals surface area (Å²) in [4.78, 5) is 39.2. The Morgan fingerprint density at radius 2 is 1.76 bits per heavy atom. The molecule has 0 amide bonds. The molecule has 3 aromatic rings. The van der Waals surface area contributed by atoms with Crippen LogP contribution in [0.5, 0.6) is 5.75 Å². The van der Waals surface area contributed by atoms with E-state index >= 15 is 0 Å². The van der Waals surface area contributed by atoms with Gasteiger partial charge in [0.15, 0.2) is 0 Å². The van der Waals surface area contributed by atoms with Crippen molar-refractivity contribution in [3.8, 4) is 5.75 Å². The highest BCUT2D eigenvalue weighted by Gasteiger charge is 2.21. The molecule has 0 saturated heterocycles. The maximum absolute atomic E-state index is 12.4. The fourth-order valence-electron chi connectivity index (χ4n) is 2.70. The van der Waals surface area contributed by atoms with Gasteiger partial charge < -0.3 is 9.47 Å². The van der Waals surface area contributed by atoms with Gasteiger partial charge in [-0.3, -0.25) is 15.1 Å². The van der Waals surface area contributed by atoms with Crippen molar-refractivity contribution in [2.75, 3.05) is 6.61 Å². The van der Waals surface area contributed by atoms with Crippen LogP contribution in [0.2, 0.25) is 10.0 Å². The minimum atomic E-state index is -0.858. The Labute approximate surface area is 198 Å². The van der Waals surface area contributed by atoms with Gasteiger partial charge in [0.05, 0.1) is 33.4 Å². The summed E-state index contributed by atoms with van der Waals surface area (Å²) in [6.07, 6.45) is 1.41. The van der Waals surface area contributed by atoms with Crippen LogP contribution in [0.15, 0.2) is 65.7 Å². The van der Waals surface area contributed by atoms with Crippen molar-refractivity contribution in [1.82, 2.24) is 0 Å². The summed E-state index contributed by atoms with van der Waals surface area (Å²) in [7, 11) is 0. The normalized spacial score (nSPS) is 10.8. The van der Waals surface area contributed by atoms with Gasteiger partial charge in [-0.2, -0.15) is 0 Å². The van der Waals surface area contributed by atoms with E-state index < -0.39 is 22.5 Å². The number of esters is 2. The van der Waals surface area contributed by atoms with Crippen molar-refractivity contribution in [3.05, 3.63) is 97.5 Å². The van der Waals surface area contributed by atoms with Crippen LogP contribution in [-0.2, 0) is 4.74 Å². The summed E-state index contributed by atoms with van der Waals surface area (Å²) in [6, 6.07) is 14.6. The zero-order valence-electron chi connectivity index (χ0n) is 17.2. The van der Waals surface area contributed by atoms with E-state index in [0.29, 0.717) is 21.8 Å². The summed E-state index contributed by atoms with van der Waals surface area (Å²) in [5, 5.41) is 11.9. The van der Waals surface area contributed by atoms with E-state index in [-0.39, 0.29) is 22.9 Å². The summed E-state index contributed by atoms with van der Waals surface area (Å²) in [5.74, 6) is -1.54. The molecule has 168 valence electrons. The smallest absolute Gasteiger partial charge is 0.345 e. The third-order valence-corrected chi connectivity index (χ3v) is 4.82. The highest BCUT2D eigenvalue weighted by atomic mass is 35.5. The first-order valence-corrected chi connectivity index (χ1v) is 10.3. The average Bonchev–Trinajstić information content (AvgIpc) is 2.78. The molecule has 0 N–H and O–H groups in total. The molecule has 0 radical (unpaired) electrons. The highest BCUT2D eigenvalue weighted by Crippen LogP contribution is 2.30. The molecule has 0 spiro atoms. The number of nitro benzene ring substituents is 1. The van der Waals surface area contributed by atoms with Crippen molar-refractivity contribution in [1.29, 1.82) is 0 Å². The molecule has 0 bridgehead atoms. The standard InChI is InChI=1S/C23H16Cl2N2O6/c1-2-32-22(28)15-4-7-17(8-5-15)26-13-14-3-10-21(20(11-14)27(30)31)33-23(29)18-9-6-16(24)12-19(18)25/h3-13H,2H2,1H3. The number of aliphatic imine (C=N–C) groups is 1. The predicted octanol–water partition coefficient (Wildman–Crippen LogP) is 6.05. The van der Waals surface area contributed by atoms with Crippen LogP contribution in [0.3, 0.4) is 0 Å². The largest absolute Gasteiger partial charge is 0.462 e. The number of carbonyl (C=O) groups excluding carboxylic acids is 2. The lowest BCUT2D eigenvalue weighted by Crippen LogP contribution is -2.10. The molecule has 3 rings (SSSR count). The summed E-state index contributed by atoms with van der Waals surface area (Å²) in [5.41, 5.74) is 0.916. The number of benzene rings is 3. The Bertz CT molecular complexity index is 1240. The van der Waals surface area contributed by atoms with Crippen LogP contribution < -0.4 is 4.74 Å². The maximum atomic E-state index is 12.4. The molecule has 0 aromatic heterocycles. The van der Waals surface area contributed by atoms with E-state index in [9.17, 15) is 19.7 Å². The van der Waals surface area contributed by atoms with Crippen molar-refractivity contribution in [2.45, 2.75) is 6.92 Å². The lowest BCUT2D eigenvalue weighted by molar-refractivity contribution is -0.385. The van der Waals surface area contributed by atoms with Gasteiger partial charge in [-0.05, 0) is 67.1 Å². The minimum absolute atomic E-state index is 0.0206. The molecule has 0 fully saturated rings. The average molecular weight is 487 g/mol. The molecule has 0 saturated carbocycles. The Morgan fingerprint density at radius 3 is 2.39 bits per heavy atom.